The van der Waals surface area contributed by atoms with Crippen LogP contribution in [0, 0.1) is 6.92 Å². The number of nitrogens with one attached hydrogen (secondary N) is 2. The molecule has 0 aromatic carbocycles. The zero-order valence-corrected chi connectivity index (χ0v) is 12.2. The molecular weight excluding hydrogens is 254 g/mol. The highest BCUT2D eigenvalue weighted by Gasteiger charge is 2.28. The number of rotatable bonds is 8. The summed E-state index contributed by atoms with van der Waals surface area (Å²) in [7, 11) is 0. The van der Waals surface area contributed by atoms with Gasteiger partial charge in [0.15, 0.2) is 0 Å². The van der Waals surface area contributed by atoms with Gasteiger partial charge in [-0.25, -0.2) is 9.97 Å². The van der Waals surface area contributed by atoms with Gasteiger partial charge in [-0.15, -0.1) is 0 Å². The summed E-state index contributed by atoms with van der Waals surface area (Å²) in [4.78, 5) is 20.0. The van der Waals surface area contributed by atoms with Crippen LogP contribution in [0.15, 0.2) is 0 Å². The first kappa shape index (κ1) is 14.6. The number of nitrogens with zero attached hydrogens (tertiary/aromatic N) is 2. The average molecular weight is 277 g/mol. The average Bonchev–Trinajstić information content (AvgIpc) is 3.23. The van der Waals surface area contributed by atoms with Crippen molar-refractivity contribution in [3.05, 3.63) is 11.4 Å². The first-order valence-electron chi connectivity index (χ1n) is 7.26. The predicted molar refractivity (Wildman–Crippen MR) is 79.8 cm³/mol. The van der Waals surface area contributed by atoms with Crippen molar-refractivity contribution in [2.24, 2.45) is 5.73 Å². The standard InChI is InChI=1S/C14H23N5O/c1-3-7-16-12-9(2)13(17-8-6-11(15)20)19-14(18-12)10-4-5-10/h10H,3-8H2,1-2H3,(H2,15,20)(H2,16,17,18,19). The van der Waals surface area contributed by atoms with E-state index in [-0.39, 0.29) is 5.91 Å². The Balaban J connectivity index is 2.14. The zero-order chi connectivity index (χ0) is 14.5. The summed E-state index contributed by atoms with van der Waals surface area (Å²) in [5, 5.41) is 6.53. The zero-order valence-electron chi connectivity index (χ0n) is 12.2. The molecule has 0 saturated heterocycles. The summed E-state index contributed by atoms with van der Waals surface area (Å²) in [6, 6.07) is 0. The fourth-order valence-corrected chi connectivity index (χ4v) is 1.95. The summed E-state index contributed by atoms with van der Waals surface area (Å²) in [6.45, 7) is 5.51. The Morgan fingerprint density at radius 2 is 1.85 bits per heavy atom. The van der Waals surface area contributed by atoms with Gasteiger partial charge in [0.1, 0.15) is 17.5 Å². The Morgan fingerprint density at radius 3 is 2.35 bits per heavy atom. The summed E-state index contributed by atoms with van der Waals surface area (Å²) in [5.74, 6) is 2.79. The third kappa shape index (κ3) is 3.82. The lowest BCUT2D eigenvalue weighted by Gasteiger charge is -2.14. The number of aromatic nitrogens is 2. The number of carbonyl (C=O) groups excluding carboxylic acids is 1. The van der Waals surface area contributed by atoms with Crippen LogP contribution >= 0.6 is 0 Å². The number of hydrogen-bond donors (Lipinski definition) is 3. The molecule has 0 aliphatic heterocycles. The van der Waals surface area contributed by atoms with E-state index >= 15 is 0 Å². The second-order valence-corrected chi connectivity index (χ2v) is 5.25. The van der Waals surface area contributed by atoms with Gasteiger partial charge in [0.2, 0.25) is 5.91 Å². The SMILES string of the molecule is CCCNc1nc(C2CC2)nc(NCCC(N)=O)c1C. The van der Waals surface area contributed by atoms with Gasteiger partial charge < -0.3 is 16.4 Å². The molecule has 0 atom stereocenters. The van der Waals surface area contributed by atoms with E-state index in [0.29, 0.717) is 18.9 Å². The highest BCUT2D eigenvalue weighted by atomic mass is 16.1. The van der Waals surface area contributed by atoms with Crippen molar-refractivity contribution in [2.75, 3.05) is 23.7 Å². The van der Waals surface area contributed by atoms with Crippen molar-refractivity contribution in [3.8, 4) is 0 Å². The van der Waals surface area contributed by atoms with Crippen molar-refractivity contribution < 1.29 is 4.79 Å². The molecule has 110 valence electrons. The molecule has 20 heavy (non-hydrogen) atoms. The third-order valence-corrected chi connectivity index (χ3v) is 3.31. The van der Waals surface area contributed by atoms with E-state index in [1.165, 1.54) is 0 Å². The molecule has 1 aliphatic rings. The van der Waals surface area contributed by atoms with Crippen LogP contribution < -0.4 is 16.4 Å². The molecular formula is C14H23N5O. The number of amides is 1. The van der Waals surface area contributed by atoms with Crippen LogP contribution in [0.3, 0.4) is 0 Å². The number of hydrogen-bond acceptors (Lipinski definition) is 5. The van der Waals surface area contributed by atoms with Gasteiger partial charge in [0.05, 0.1) is 0 Å². The molecule has 1 aromatic rings. The van der Waals surface area contributed by atoms with E-state index in [9.17, 15) is 4.79 Å². The van der Waals surface area contributed by atoms with E-state index in [4.69, 9.17) is 5.73 Å². The molecule has 1 aromatic heterocycles. The van der Waals surface area contributed by atoms with Crippen molar-refractivity contribution in [2.45, 2.75) is 45.4 Å². The van der Waals surface area contributed by atoms with Gasteiger partial charge in [-0.05, 0) is 26.2 Å². The first-order chi connectivity index (χ1) is 9.61. The Bertz CT molecular complexity index is 485. The maximum absolute atomic E-state index is 10.8. The lowest BCUT2D eigenvalue weighted by atomic mass is 10.2. The van der Waals surface area contributed by atoms with Gasteiger partial charge in [-0.2, -0.15) is 0 Å². The molecule has 0 radical (unpaired) electrons. The lowest BCUT2D eigenvalue weighted by Crippen LogP contribution is -2.17. The molecule has 6 heteroatoms. The number of anilines is 2. The van der Waals surface area contributed by atoms with E-state index in [1.54, 1.807) is 0 Å². The third-order valence-electron chi connectivity index (χ3n) is 3.31. The van der Waals surface area contributed by atoms with Crippen molar-refractivity contribution in [1.82, 2.24) is 9.97 Å². The fraction of sp³-hybridized carbons (Fsp3) is 0.643. The molecule has 0 spiro atoms. The summed E-state index contributed by atoms with van der Waals surface area (Å²) in [5.41, 5.74) is 6.15. The largest absolute Gasteiger partial charge is 0.370 e. The van der Waals surface area contributed by atoms with Crippen LogP contribution in [0.5, 0.6) is 0 Å². The summed E-state index contributed by atoms with van der Waals surface area (Å²) in [6.07, 6.45) is 3.68. The number of carbonyl (C=O) groups is 1. The lowest BCUT2D eigenvalue weighted by molar-refractivity contribution is -0.117. The van der Waals surface area contributed by atoms with Crippen LogP contribution in [0.25, 0.3) is 0 Å². The topological polar surface area (TPSA) is 92.9 Å². The first-order valence-corrected chi connectivity index (χ1v) is 7.26. The molecule has 0 unspecified atom stereocenters. The number of nitrogens with two attached hydrogens (primary N) is 1. The van der Waals surface area contributed by atoms with Gasteiger partial charge >= 0.3 is 0 Å². The van der Waals surface area contributed by atoms with Crippen molar-refractivity contribution >= 4 is 17.5 Å². The molecule has 4 N–H and O–H groups in total. The second kappa shape index (κ2) is 6.54. The van der Waals surface area contributed by atoms with Gasteiger partial charge in [-0.1, -0.05) is 6.92 Å². The van der Waals surface area contributed by atoms with Crippen LogP contribution in [-0.4, -0.2) is 29.0 Å². The Hall–Kier alpha value is -1.85. The van der Waals surface area contributed by atoms with Crippen molar-refractivity contribution in [3.63, 3.8) is 0 Å². The molecule has 2 rings (SSSR count). The van der Waals surface area contributed by atoms with Crippen LogP contribution in [0.2, 0.25) is 0 Å². The quantitative estimate of drug-likeness (QED) is 0.673. The van der Waals surface area contributed by atoms with E-state index < -0.39 is 0 Å². The second-order valence-electron chi connectivity index (χ2n) is 5.25. The minimum Gasteiger partial charge on any atom is -0.370 e. The molecule has 6 nitrogen and oxygen atoms in total. The van der Waals surface area contributed by atoms with Crippen LogP contribution in [0.4, 0.5) is 11.6 Å². The molecule has 1 heterocycles. The molecule has 1 amide bonds. The van der Waals surface area contributed by atoms with E-state index in [2.05, 4.69) is 27.5 Å². The van der Waals surface area contributed by atoms with Gasteiger partial charge in [0, 0.05) is 31.0 Å². The Morgan fingerprint density at radius 1 is 1.25 bits per heavy atom. The predicted octanol–water partition coefficient (Wildman–Crippen LogP) is 1.77. The number of primary amides is 1. The van der Waals surface area contributed by atoms with Crippen LogP contribution in [0.1, 0.15) is 49.9 Å². The highest BCUT2D eigenvalue weighted by Crippen LogP contribution is 2.39. The molecule has 1 saturated carbocycles. The maximum Gasteiger partial charge on any atom is 0.219 e. The van der Waals surface area contributed by atoms with Gasteiger partial charge in [-0.3, -0.25) is 4.79 Å². The van der Waals surface area contributed by atoms with E-state index in [1.807, 2.05) is 6.92 Å². The fourth-order valence-electron chi connectivity index (χ4n) is 1.95. The normalized spacial score (nSPS) is 14.1. The Kier molecular flexibility index (Phi) is 4.76. The Labute approximate surface area is 119 Å². The van der Waals surface area contributed by atoms with Crippen molar-refractivity contribution in [1.29, 1.82) is 0 Å². The smallest absolute Gasteiger partial charge is 0.219 e. The minimum absolute atomic E-state index is 0.305. The monoisotopic (exact) mass is 277 g/mol. The van der Waals surface area contributed by atoms with E-state index in [0.717, 1.165) is 48.8 Å². The molecule has 0 bridgehead atoms. The van der Waals surface area contributed by atoms with Crippen LogP contribution in [-0.2, 0) is 4.79 Å². The maximum atomic E-state index is 10.8. The molecule has 1 aliphatic carbocycles. The highest BCUT2D eigenvalue weighted by molar-refractivity contribution is 5.74. The minimum atomic E-state index is -0.309. The van der Waals surface area contributed by atoms with Gasteiger partial charge in [0.25, 0.3) is 0 Å². The summed E-state index contributed by atoms with van der Waals surface area (Å²) < 4.78 is 0. The molecule has 1 fully saturated rings. The summed E-state index contributed by atoms with van der Waals surface area (Å²) >= 11 is 0.